The highest BCUT2D eigenvalue weighted by molar-refractivity contribution is 6.03. The quantitative estimate of drug-likeness (QED) is 0.294. The highest BCUT2D eigenvalue weighted by Gasteiger charge is 2.49. The van der Waals surface area contributed by atoms with E-state index < -0.39 is 23.3 Å². The van der Waals surface area contributed by atoms with Crippen LogP contribution in [0, 0.1) is 24.0 Å². The second-order valence-corrected chi connectivity index (χ2v) is 12.8. The Bertz CT molecular complexity index is 1890. The van der Waals surface area contributed by atoms with Gasteiger partial charge in [-0.25, -0.2) is 13.2 Å². The van der Waals surface area contributed by atoms with Gasteiger partial charge in [0.2, 0.25) is 0 Å². The van der Waals surface area contributed by atoms with Crippen molar-refractivity contribution in [3.63, 3.8) is 0 Å². The molecule has 1 unspecified atom stereocenters. The lowest BCUT2D eigenvalue weighted by molar-refractivity contribution is -0.151. The molecule has 0 amide bonds. The molecule has 0 radical (unpaired) electrons. The molecule has 3 atom stereocenters. The first-order valence-electron chi connectivity index (χ1n) is 15.5. The Kier molecular flexibility index (Phi) is 6.59. The summed E-state index contributed by atoms with van der Waals surface area (Å²) < 4.78 is 58.3. The standard InChI is InChI=1S/C34H32F3N5O3/c1-2-23-26(36)6-5-20-13-22(43)14-24(27(20)23)29-28(37)30-25(16-38-29)31(41-10-4-8-34(18-41)9-12-45-34)40-32(39-30)44-19-33-7-3-11-42(33)17-21(35)15-33/h1,5-6,13-14,16,21,43H,3-4,7-12,15,17-19H2/t21-,33+,34?/m1/s1. The van der Waals surface area contributed by atoms with Crippen molar-refractivity contribution in [1.82, 2.24) is 19.9 Å². The molecule has 2 aromatic carbocycles. The van der Waals surface area contributed by atoms with Crippen LogP contribution in [-0.4, -0.2) is 81.7 Å². The number of aromatic hydroxyl groups is 1. The van der Waals surface area contributed by atoms with Gasteiger partial charge in [-0.15, -0.1) is 6.42 Å². The van der Waals surface area contributed by atoms with Crippen molar-refractivity contribution in [3.8, 4) is 35.4 Å². The third-order valence-corrected chi connectivity index (χ3v) is 10.1. The molecule has 4 aromatic rings. The lowest BCUT2D eigenvalue weighted by Gasteiger charge is -2.48. The molecule has 1 N–H and O–H groups in total. The van der Waals surface area contributed by atoms with Crippen LogP contribution >= 0.6 is 0 Å². The monoisotopic (exact) mass is 615 g/mol. The summed E-state index contributed by atoms with van der Waals surface area (Å²) in [5.41, 5.74) is -0.791. The number of halogens is 3. The van der Waals surface area contributed by atoms with E-state index in [4.69, 9.17) is 20.9 Å². The minimum absolute atomic E-state index is 0.0117. The molecule has 232 valence electrons. The molecule has 4 aliphatic rings. The van der Waals surface area contributed by atoms with Crippen LogP contribution in [0.15, 0.2) is 30.5 Å². The average molecular weight is 616 g/mol. The zero-order valence-corrected chi connectivity index (χ0v) is 24.7. The summed E-state index contributed by atoms with van der Waals surface area (Å²) in [5, 5.41) is 11.6. The van der Waals surface area contributed by atoms with Crippen molar-refractivity contribution < 1.29 is 27.8 Å². The van der Waals surface area contributed by atoms with Crippen LogP contribution in [0.25, 0.3) is 32.9 Å². The van der Waals surface area contributed by atoms with Crippen molar-refractivity contribution in [2.24, 2.45) is 0 Å². The van der Waals surface area contributed by atoms with E-state index in [0.29, 0.717) is 49.3 Å². The van der Waals surface area contributed by atoms with Crippen molar-refractivity contribution in [2.45, 2.75) is 55.8 Å². The summed E-state index contributed by atoms with van der Waals surface area (Å²) in [6.07, 6.45) is 11.1. The molecule has 0 aliphatic carbocycles. The van der Waals surface area contributed by atoms with Gasteiger partial charge >= 0.3 is 6.01 Å². The molecule has 6 heterocycles. The van der Waals surface area contributed by atoms with E-state index in [1.54, 1.807) is 0 Å². The predicted octanol–water partition coefficient (Wildman–Crippen LogP) is 5.52. The molecule has 2 aromatic heterocycles. The summed E-state index contributed by atoms with van der Waals surface area (Å²) in [6, 6.07) is 5.44. The number of aromatic nitrogens is 3. The summed E-state index contributed by atoms with van der Waals surface area (Å²) in [7, 11) is 0. The second-order valence-electron chi connectivity index (χ2n) is 12.8. The van der Waals surface area contributed by atoms with Gasteiger partial charge in [-0.05, 0) is 55.8 Å². The van der Waals surface area contributed by atoms with Crippen LogP contribution < -0.4 is 9.64 Å². The van der Waals surface area contributed by atoms with E-state index in [2.05, 4.69) is 25.7 Å². The number of rotatable bonds is 5. The normalized spacial score (nSPS) is 26.4. The summed E-state index contributed by atoms with van der Waals surface area (Å²) in [5.74, 6) is 1.28. The smallest absolute Gasteiger partial charge is 0.319 e. The van der Waals surface area contributed by atoms with E-state index in [1.165, 1.54) is 30.5 Å². The zero-order valence-electron chi connectivity index (χ0n) is 24.7. The fraction of sp³-hybridized carbons (Fsp3) is 0.441. The van der Waals surface area contributed by atoms with Crippen molar-refractivity contribution in [2.75, 3.05) is 44.3 Å². The van der Waals surface area contributed by atoms with Crippen LogP contribution in [0.4, 0.5) is 19.0 Å². The zero-order chi connectivity index (χ0) is 30.9. The number of ether oxygens (including phenoxy) is 2. The van der Waals surface area contributed by atoms with E-state index in [9.17, 15) is 13.9 Å². The van der Waals surface area contributed by atoms with Gasteiger partial charge in [-0.3, -0.25) is 9.88 Å². The van der Waals surface area contributed by atoms with E-state index in [1.807, 2.05) is 0 Å². The number of hydrogen-bond acceptors (Lipinski definition) is 8. The van der Waals surface area contributed by atoms with Gasteiger partial charge in [0.15, 0.2) is 5.82 Å². The Morgan fingerprint density at radius 1 is 1.13 bits per heavy atom. The highest BCUT2D eigenvalue weighted by Crippen LogP contribution is 2.43. The molecular weight excluding hydrogens is 583 g/mol. The Labute approximate surface area is 258 Å². The first-order chi connectivity index (χ1) is 21.8. The fourth-order valence-corrected chi connectivity index (χ4v) is 7.91. The number of hydrogen-bond donors (Lipinski definition) is 1. The number of benzene rings is 2. The second kappa shape index (κ2) is 10.5. The van der Waals surface area contributed by atoms with Crippen LogP contribution in [0.3, 0.4) is 0 Å². The average Bonchev–Trinajstić information content (AvgIpc) is 3.55. The molecule has 1 spiro atoms. The molecule has 0 saturated carbocycles. The third kappa shape index (κ3) is 4.57. The number of fused-ring (bicyclic) bond motifs is 3. The van der Waals surface area contributed by atoms with Crippen LogP contribution in [-0.2, 0) is 4.74 Å². The van der Waals surface area contributed by atoms with Crippen molar-refractivity contribution >= 4 is 27.5 Å². The van der Waals surface area contributed by atoms with Gasteiger partial charge in [0.1, 0.15) is 41.4 Å². The number of nitrogens with zero attached hydrogens (tertiary/aromatic N) is 5. The Balaban J connectivity index is 1.27. The summed E-state index contributed by atoms with van der Waals surface area (Å²) in [4.78, 5) is 18.0. The largest absolute Gasteiger partial charge is 0.508 e. The van der Waals surface area contributed by atoms with Crippen LogP contribution in [0.2, 0.25) is 0 Å². The lowest BCUT2D eigenvalue weighted by atomic mass is 9.86. The number of phenols is 1. The SMILES string of the molecule is C#Cc1c(F)ccc2cc(O)cc(-c3ncc4c(N5CCCC6(CCO6)C5)nc(OC[C@@]56CCCN5C[C@H](F)C6)nc4c3F)c12. The molecule has 0 bridgehead atoms. The van der Waals surface area contributed by atoms with Gasteiger partial charge in [0.25, 0.3) is 0 Å². The van der Waals surface area contributed by atoms with Gasteiger partial charge in [0, 0.05) is 49.6 Å². The van der Waals surface area contributed by atoms with Crippen molar-refractivity contribution in [3.05, 3.63) is 47.7 Å². The number of anilines is 1. The van der Waals surface area contributed by atoms with E-state index in [0.717, 1.165) is 38.6 Å². The van der Waals surface area contributed by atoms with Gasteiger partial charge in [-0.2, -0.15) is 9.97 Å². The first kappa shape index (κ1) is 28.3. The van der Waals surface area contributed by atoms with E-state index in [-0.39, 0.29) is 51.7 Å². The fourth-order valence-electron chi connectivity index (χ4n) is 7.91. The number of phenolic OH excluding ortho intramolecular Hbond substituents is 1. The van der Waals surface area contributed by atoms with Crippen LogP contribution in [0.1, 0.15) is 44.1 Å². The third-order valence-electron chi connectivity index (χ3n) is 10.1. The maximum Gasteiger partial charge on any atom is 0.319 e. The molecule has 4 saturated heterocycles. The molecule has 4 fully saturated rings. The summed E-state index contributed by atoms with van der Waals surface area (Å²) in [6.45, 7) is 3.36. The van der Waals surface area contributed by atoms with Gasteiger partial charge in [-0.1, -0.05) is 12.0 Å². The molecule has 11 heteroatoms. The maximum absolute atomic E-state index is 16.8. The highest BCUT2D eigenvalue weighted by atomic mass is 19.1. The molecule has 8 nitrogen and oxygen atoms in total. The number of alkyl halides is 1. The minimum Gasteiger partial charge on any atom is -0.508 e. The van der Waals surface area contributed by atoms with Gasteiger partial charge < -0.3 is 19.5 Å². The lowest BCUT2D eigenvalue weighted by Crippen LogP contribution is -2.56. The molecule has 4 aliphatic heterocycles. The minimum atomic E-state index is -0.921. The summed E-state index contributed by atoms with van der Waals surface area (Å²) >= 11 is 0. The topological polar surface area (TPSA) is 83.8 Å². The van der Waals surface area contributed by atoms with E-state index >= 15 is 4.39 Å². The first-order valence-corrected chi connectivity index (χ1v) is 15.5. The number of pyridine rings is 1. The number of piperidine rings is 1. The van der Waals surface area contributed by atoms with Gasteiger partial charge in [0.05, 0.1) is 28.7 Å². The molecule has 45 heavy (non-hydrogen) atoms. The molecule has 8 rings (SSSR count). The number of terminal acetylenes is 1. The maximum atomic E-state index is 16.8. The predicted molar refractivity (Wildman–Crippen MR) is 163 cm³/mol. The Hall–Kier alpha value is -4.14. The van der Waals surface area contributed by atoms with Crippen LogP contribution in [0.5, 0.6) is 11.8 Å². The molecular formula is C34H32F3N5O3. The Morgan fingerprint density at radius 3 is 2.78 bits per heavy atom. The Morgan fingerprint density at radius 2 is 1.98 bits per heavy atom. The van der Waals surface area contributed by atoms with Crippen molar-refractivity contribution in [1.29, 1.82) is 0 Å².